The maximum atomic E-state index is 12.4. The van der Waals surface area contributed by atoms with E-state index in [1.807, 2.05) is 27.0 Å². The van der Waals surface area contributed by atoms with Crippen LogP contribution in [-0.4, -0.2) is 47.8 Å². The average Bonchev–Trinajstić information content (AvgIpc) is 3.27. The Morgan fingerprint density at radius 1 is 0.971 bits per heavy atom. The molecule has 0 saturated carbocycles. The van der Waals surface area contributed by atoms with Crippen LogP contribution >= 0.6 is 0 Å². The number of aromatic nitrogens is 1. The van der Waals surface area contributed by atoms with E-state index in [2.05, 4.69) is 47.4 Å². The zero-order valence-corrected chi connectivity index (χ0v) is 20.6. The number of fused-ring (bicyclic) bond motifs is 1. The summed E-state index contributed by atoms with van der Waals surface area (Å²) in [7, 11) is 0. The van der Waals surface area contributed by atoms with Crippen molar-refractivity contribution in [3.8, 4) is 11.1 Å². The molecule has 1 aliphatic carbocycles. The number of ether oxygens (including phenoxy) is 1. The molecule has 5 rings (SSSR count). The summed E-state index contributed by atoms with van der Waals surface area (Å²) >= 11 is 0. The second-order valence-corrected chi connectivity index (χ2v) is 10.5. The fourth-order valence-corrected chi connectivity index (χ4v) is 5.08. The van der Waals surface area contributed by atoms with Crippen LogP contribution in [-0.2, 0) is 11.2 Å². The first kappa shape index (κ1) is 22.7. The van der Waals surface area contributed by atoms with Crippen LogP contribution in [0.2, 0.25) is 0 Å². The maximum absolute atomic E-state index is 12.4. The van der Waals surface area contributed by atoms with Crippen LogP contribution in [0.25, 0.3) is 16.7 Å². The van der Waals surface area contributed by atoms with Crippen molar-refractivity contribution in [1.82, 2.24) is 9.88 Å². The van der Waals surface area contributed by atoms with Gasteiger partial charge in [-0.3, -0.25) is 4.98 Å². The van der Waals surface area contributed by atoms with E-state index in [-0.39, 0.29) is 6.09 Å². The Kier molecular flexibility index (Phi) is 6.20. The summed E-state index contributed by atoms with van der Waals surface area (Å²) in [5, 5.41) is 0. The fraction of sp³-hybridized carbons (Fsp3) is 0.448. The van der Waals surface area contributed by atoms with E-state index in [0.29, 0.717) is 13.1 Å². The van der Waals surface area contributed by atoms with E-state index >= 15 is 0 Å². The van der Waals surface area contributed by atoms with Crippen LogP contribution in [0, 0.1) is 0 Å². The lowest BCUT2D eigenvalue weighted by molar-refractivity contribution is 0.0267. The quantitative estimate of drug-likeness (QED) is 0.547. The Morgan fingerprint density at radius 2 is 1.74 bits per heavy atom. The third-order valence-corrected chi connectivity index (χ3v) is 6.89. The standard InChI is InChI=1S/C29H35N3O2/c1-29(2,3)34-28(33)32-17-13-22(14-18-32)25-11-12-27-26(25)19-23(20-30-27)21-7-9-24(10-8-21)31-15-5-4-6-16-31/h7-11,13,19-20H,4-6,12,14-18H2,1-3H3. The van der Waals surface area contributed by atoms with Gasteiger partial charge in [-0.25, -0.2) is 4.79 Å². The van der Waals surface area contributed by atoms with Gasteiger partial charge in [-0.2, -0.15) is 0 Å². The highest BCUT2D eigenvalue weighted by Gasteiger charge is 2.26. The van der Waals surface area contributed by atoms with Crippen molar-refractivity contribution in [1.29, 1.82) is 0 Å². The van der Waals surface area contributed by atoms with Crippen LogP contribution < -0.4 is 4.90 Å². The van der Waals surface area contributed by atoms with Gasteiger partial charge in [-0.15, -0.1) is 0 Å². The molecule has 0 radical (unpaired) electrons. The lowest BCUT2D eigenvalue weighted by atomic mass is 9.94. The second kappa shape index (κ2) is 9.28. The second-order valence-electron chi connectivity index (χ2n) is 10.5. The molecule has 5 nitrogen and oxygen atoms in total. The van der Waals surface area contributed by atoms with Crippen molar-refractivity contribution in [2.75, 3.05) is 31.1 Å². The van der Waals surface area contributed by atoms with Gasteiger partial charge < -0.3 is 14.5 Å². The smallest absolute Gasteiger partial charge is 0.410 e. The van der Waals surface area contributed by atoms with Gasteiger partial charge in [-0.1, -0.05) is 24.3 Å². The molecule has 3 heterocycles. The lowest BCUT2D eigenvalue weighted by Gasteiger charge is -2.30. The number of hydrogen-bond donors (Lipinski definition) is 0. The number of nitrogens with zero attached hydrogens (tertiary/aromatic N) is 3. The number of carbonyl (C=O) groups is 1. The first-order chi connectivity index (χ1) is 16.4. The molecule has 2 aliphatic heterocycles. The third-order valence-electron chi connectivity index (χ3n) is 6.89. The van der Waals surface area contributed by atoms with Gasteiger partial charge in [-0.05, 0) is 81.4 Å². The average molecular weight is 458 g/mol. The van der Waals surface area contributed by atoms with Gasteiger partial charge in [0.15, 0.2) is 0 Å². The molecule has 1 aromatic carbocycles. The zero-order valence-electron chi connectivity index (χ0n) is 20.6. The van der Waals surface area contributed by atoms with Crippen molar-refractivity contribution in [2.24, 2.45) is 0 Å². The number of pyridine rings is 1. The van der Waals surface area contributed by atoms with Gasteiger partial charge in [0.05, 0.1) is 5.69 Å². The van der Waals surface area contributed by atoms with Crippen molar-refractivity contribution >= 4 is 17.4 Å². The molecule has 3 aliphatic rings. The highest BCUT2D eigenvalue weighted by molar-refractivity contribution is 5.86. The summed E-state index contributed by atoms with van der Waals surface area (Å²) in [6.45, 7) is 9.30. The van der Waals surface area contributed by atoms with E-state index in [1.54, 1.807) is 4.90 Å². The van der Waals surface area contributed by atoms with Crippen molar-refractivity contribution in [2.45, 2.75) is 58.5 Å². The number of hydrogen-bond acceptors (Lipinski definition) is 4. The monoisotopic (exact) mass is 457 g/mol. The van der Waals surface area contributed by atoms with Crippen molar-refractivity contribution in [3.05, 3.63) is 65.5 Å². The third kappa shape index (κ3) is 4.89. The van der Waals surface area contributed by atoms with Crippen LogP contribution in [0.5, 0.6) is 0 Å². The summed E-state index contributed by atoms with van der Waals surface area (Å²) in [4.78, 5) is 21.5. The van der Waals surface area contributed by atoms with Gasteiger partial charge in [0.1, 0.15) is 5.60 Å². The molecule has 1 aromatic heterocycles. The van der Waals surface area contributed by atoms with Crippen molar-refractivity contribution < 1.29 is 9.53 Å². The van der Waals surface area contributed by atoms with Crippen LogP contribution in [0.4, 0.5) is 10.5 Å². The molecule has 178 valence electrons. The van der Waals surface area contributed by atoms with Gasteiger partial charge >= 0.3 is 6.09 Å². The normalized spacial score (nSPS) is 18.3. The highest BCUT2D eigenvalue weighted by atomic mass is 16.6. The summed E-state index contributed by atoms with van der Waals surface area (Å²) < 4.78 is 5.54. The number of carbonyl (C=O) groups excluding carboxylic acids is 1. The number of anilines is 1. The van der Waals surface area contributed by atoms with E-state index in [9.17, 15) is 4.79 Å². The Labute approximate surface area is 203 Å². The molecule has 0 N–H and O–H groups in total. The van der Waals surface area contributed by atoms with Crippen LogP contribution in [0.3, 0.4) is 0 Å². The molecule has 0 unspecified atom stereocenters. The summed E-state index contributed by atoms with van der Waals surface area (Å²) in [6, 6.07) is 11.2. The largest absolute Gasteiger partial charge is 0.444 e. The molecule has 1 amide bonds. The SMILES string of the molecule is CC(C)(C)OC(=O)N1CC=C(C2=CCc3ncc(-c4ccc(N5CCCCC5)cc4)cc32)CC1. The summed E-state index contributed by atoms with van der Waals surface area (Å²) in [5.41, 5.74) is 8.16. The molecule has 0 bridgehead atoms. The first-order valence-corrected chi connectivity index (χ1v) is 12.6. The minimum Gasteiger partial charge on any atom is -0.444 e. The van der Waals surface area contributed by atoms with E-state index in [1.165, 1.54) is 47.2 Å². The molecule has 0 spiro atoms. The predicted molar refractivity (Wildman–Crippen MR) is 138 cm³/mol. The Bertz CT molecular complexity index is 1120. The number of rotatable bonds is 3. The molecule has 1 saturated heterocycles. The number of allylic oxidation sites excluding steroid dienone is 2. The maximum Gasteiger partial charge on any atom is 0.410 e. The Hall–Kier alpha value is -3.08. The molecule has 34 heavy (non-hydrogen) atoms. The highest BCUT2D eigenvalue weighted by Crippen LogP contribution is 2.37. The number of benzene rings is 1. The summed E-state index contributed by atoms with van der Waals surface area (Å²) in [5.74, 6) is 0. The zero-order chi connectivity index (χ0) is 23.7. The van der Waals surface area contributed by atoms with Gasteiger partial charge in [0.2, 0.25) is 0 Å². The fourth-order valence-electron chi connectivity index (χ4n) is 5.08. The lowest BCUT2D eigenvalue weighted by Crippen LogP contribution is -2.39. The minimum absolute atomic E-state index is 0.236. The van der Waals surface area contributed by atoms with Crippen LogP contribution in [0.1, 0.15) is 57.7 Å². The first-order valence-electron chi connectivity index (χ1n) is 12.6. The van der Waals surface area contributed by atoms with Gasteiger partial charge in [0, 0.05) is 55.6 Å². The molecule has 0 atom stereocenters. The Balaban J connectivity index is 1.31. The van der Waals surface area contributed by atoms with E-state index in [0.717, 1.165) is 37.2 Å². The van der Waals surface area contributed by atoms with Gasteiger partial charge in [0.25, 0.3) is 0 Å². The molecule has 2 aromatic rings. The van der Waals surface area contributed by atoms with E-state index < -0.39 is 5.60 Å². The predicted octanol–water partition coefficient (Wildman–Crippen LogP) is 6.25. The minimum atomic E-state index is -0.470. The molecular weight excluding hydrogens is 422 g/mol. The number of piperidine rings is 1. The van der Waals surface area contributed by atoms with Crippen LogP contribution in [0.15, 0.2) is 54.3 Å². The van der Waals surface area contributed by atoms with E-state index in [4.69, 9.17) is 9.72 Å². The molecular formula is C29H35N3O2. The topological polar surface area (TPSA) is 45.7 Å². The number of amides is 1. The summed E-state index contributed by atoms with van der Waals surface area (Å²) in [6.07, 6.45) is 11.9. The van der Waals surface area contributed by atoms with Crippen molar-refractivity contribution in [3.63, 3.8) is 0 Å². The molecule has 1 fully saturated rings. The Morgan fingerprint density at radius 3 is 2.41 bits per heavy atom. The molecule has 5 heteroatoms.